The molecule has 3 aromatic heterocycles. The summed E-state index contributed by atoms with van der Waals surface area (Å²) < 4.78 is 13.7. The first-order chi connectivity index (χ1) is 12.7. The lowest BCUT2D eigenvalue weighted by Crippen LogP contribution is -2.09. The lowest BCUT2D eigenvalue weighted by molar-refractivity contribution is 0.103. The molecule has 0 radical (unpaired) electrons. The summed E-state index contributed by atoms with van der Waals surface area (Å²) in [5.74, 6) is -0.477. The van der Waals surface area contributed by atoms with Gasteiger partial charge in [-0.25, -0.2) is 14.4 Å². The Kier molecular flexibility index (Phi) is 4.87. The summed E-state index contributed by atoms with van der Waals surface area (Å²) in [5.41, 5.74) is 0.608. The zero-order valence-electron chi connectivity index (χ0n) is 13.3. The molecule has 0 bridgehead atoms. The first-order valence-electron chi connectivity index (χ1n) is 7.68. The Morgan fingerprint density at radius 3 is 2.77 bits per heavy atom. The molecule has 130 valence electrons. The van der Waals surface area contributed by atoms with Crippen LogP contribution >= 0.6 is 34.0 Å². The van der Waals surface area contributed by atoms with E-state index in [2.05, 4.69) is 15.3 Å². The van der Waals surface area contributed by atoms with Crippen LogP contribution in [0.4, 0.5) is 9.52 Å². The van der Waals surface area contributed by atoms with Crippen LogP contribution < -0.4 is 5.32 Å². The minimum absolute atomic E-state index is 0.239. The van der Waals surface area contributed by atoms with E-state index in [9.17, 15) is 9.18 Å². The maximum atomic E-state index is 13.7. The molecule has 4 aromatic rings. The van der Waals surface area contributed by atoms with Gasteiger partial charge in [0.2, 0.25) is 0 Å². The molecule has 1 aromatic carbocycles. The number of hydrogen-bond donors (Lipinski definition) is 1. The summed E-state index contributed by atoms with van der Waals surface area (Å²) in [4.78, 5) is 23.4. The van der Waals surface area contributed by atoms with Crippen molar-refractivity contribution in [3.05, 3.63) is 75.3 Å². The van der Waals surface area contributed by atoms with Gasteiger partial charge in [-0.2, -0.15) is 0 Å². The summed E-state index contributed by atoms with van der Waals surface area (Å²) in [6.45, 7) is 0. The number of thiazole rings is 2. The summed E-state index contributed by atoms with van der Waals surface area (Å²) in [5, 5.41) is 6.08. The van der Waals surface area contributed by atoms with Gasteiger partial charge in [-0.05, 0) is 23.1 Å². The molecule has 0 aliphatic heterocycles. The van der Waals surface area contributed by atoms with E-state index in [0.717, 1.165) is 14.8 Å². The molecule has 4 nitrogen and oxygen atoms in total. The molecule has 0 atom stereocenters. The summed E-state index contributed by atoms with van der Waals surface area (Å²) in [7, 11) is 0. The number of anilines is 1. The summed E-state index contributed by atoms with van der Waals surface area (Å²) >= 11 is 4.27. The van der Waals surface area contributed by atoms with Crippen molar-refractivity contribution in [3.8, 4) is 9.88 Å². The standard InChI is InChI=1S/C18H12FN3OS3/c19-13-5-2-1-4-11(13)8-12-9-21-18(25-12)22-16(23)15-10-20-17(26-15)14-6-3-7-24-14/h1-7,9-10H,8H2,(H,21,22,23). The molecular weight excluding hydrogens is 389 g/mol. The summed E-state index contributed by atoms with van der Waals surface area (Å²) in [6.07, 6.45) is 3.68. The van der Waals surface area contributed by atoms with Gasteiger partial charge in [-0.1, -0.05) is 24.3 Å². The van der Waals surface area contributed by atoms with Crippen LogP contribution in [-0.4, -0.2) is 15.9 Å². The zero-order valence-corrected chi connectivity index (χ0v) is 15.8. The van der Waals surface area contributed by atoms with Crippen LogP contribution in [0.1, 0.15) is 20.1 Å². The van der Waals surface area contributed by atoms with Crippen LogP contribution in [0, 0.1) is 5.82 Å². The highest BCUT2D eigenvalue weighted by atomic mass is 32.1. The fourth-order valence-electron chi connectivity index (χ4n) is 2.33. The van der Waals surface area contributed by atoms with Crippen LogP contribution in [0.5, 0.6) is 0 Å². The van der Waals surface area contributed by atoms with Crippen molar-refractivity contribution >= 4 is 45.0 Å². The minimum atomic E-state index is -0.239. The quantitative estimate of drug-likeness (QED) is 0.493. The van der Waals surface area contributed by atoms with Crippen molar-refractivity contribution < 1.29 is 9.18 Å². The average molecular weight is 402 g/mol. The Morgan fingerprint density at radius 2 is 1.96 bits per heavy atom. The number of amides is 1. The van der Waals surface area contributed by atoms with Crippen molar-refractivity contribution in [1.29, 1.82) is 0 Å². The second-order valence-electron chi connectivity index (χ2n) is 5.36. The molecule has 26 heavy (non-hydrogen) atoms. The molecule has 0 fully saturated rings. The predicted octanol–water partition coefficient (Wildman–Crippen LogP) is 5.31. The number of nitrogens with one attached hydrogen (secondary N) is 1. The van der Waals surface area contributed by atoms with Gasteiger partial charge in [-0.15, -0.1) is 34.0 Å². The fourth-order valence-corrected chi connectivity index (χ4v) is 4.77. The van der Waals surface area contributed by atoms with Crippen molar-refractivity contribution in [1.82, 2.24) is 9.97 Å². The maximum Gasteiger partial charge on any atom is 0.269 e. The number of carbonyl (C=O) groups is 1. The molecule has 0 spiro atoms. The van der Waals surface area contributed by atoms with E-state index < -0.39 is 0 Å². The fraction of sp³-hybridized carbons (Fsp3) is 0.0556. The van der Waals surface area contributed by atoms with E-state index in [1.165, 1.54) is 28.7 Å². The number of aromatic nitrogens is 2. The van der Waals surface area contributed by atoms with Crippen molar-refractivity contribution in [2.24, 2.45) is 0 Å². The summed E-state index contributed by atoms with van der Waals surface area (Å²) in [6, 6.07) is 10.6. The lowest BCUT2D eigenvalue weighted by Gasteiger charge is -1.99. The van der Waals surface area contributed by atoms with Crippen LogP contribution in [0.15, 0.2) is 54.2 Å². The highest BCUT2D eigenvalue weighted by molar-refractivity contribution is 7.22. The number of halogens is 1. The minimum Gasteiger partial charge on any atom is -0.297 e. The van der Waals surface area contributed by atoms with Crippen LogP contribution in [0.3, 0.4) is 0 Å². The highest BCUT2D eigenvalue weighted by Gasteiger charge is 2.14. The Balaban J connectivity index is 1.44. The third-order valence-electron chi connectivity index (χ3n) is 3.56. The monoisotopic (exact) mass is 401 g/mol. The first-order valence-corrected chi connectivity index (χ1v) is 10.2. The van der Waals surface area contributed by atoms with E-state index in [0.29, 0.717) is 22.0 Å². The van der Waals surface area contributed by atoms with E-state index in [1.807, 2.05) is 17.5 Å². The van der Waals surface area contributed by atoms with Gasteiger partial charge in [0, 0.05) is 17.5 Å². The Bertz CT molecular complexity index is 1040. The Hall–Kier alpha value is -2.42. The molecule has 0 aliphatic carbocycles. The van der Waals surface area contributed by atoms with E-state index in [4.69, 9.17) is 0 Å². The van der Waals surface area contributed by atoms with Gasteiger partial charge >= 0.3 is 0 Å². The van der Waals surface area contributed by atoms with Gasteiger partial charge in [0.1, 0.15) is 15.7 Å². The van der Waals surface area contributed by atoms with Crippen LogP contribution in [0.2, 0.25) is 0 Å². The number of nitrogens with zero attached hydrogens (tertiary/aromatic N) is 2. The molecular formula is C18H12FN3OS3. The van der Waals surface area contributed by atoms with Gasteiger partial charge in [0.25, 0.3) is 5.91 Å². The number of benzene rings is 1. The number of thiophene rings is 1. The molecule has 3 heterocycles. The van der Waals surface area contributed by atoms with Crippen LogP contribution in [-0.2, 0) is 6.42 Å². The van der Waals surface area contributed by atoms with Gasteiger partial charge in [0.15, 0.2) is 5.13 Å². The van der Waals surface area contributed by atoms with Crippen molar-refractivity contribution in [2.75, 3.05) is 5.32 Å². The number of carbonyl (C=O) groups excluding carboxylic acids is 1. The lowest BCUT2D eigenvalue weighted by atomic mass is 10.1. The smallest absolute Gasteiger partial charge is 0.269 e. The van der Waals surface area contributed by atoms with Gasteiger partial charge < -0.3 is 0 Å². The number of hydrogen-bond acceptors (Lipinski definition) is 6. The van der Waals surface area contributed by atoms with Gasteiger partial charge in [0.05, 0.1) is 11.1 Å². The van der Waals surface area contributed by atoms with Crippen molar-refractivity contribution in [2.45, 2.75) is 6.42 Å². The Labute approximate surface area is 161 Å². The molecule has 0 unspecified atom stereocenters. The van der Waals surface area contributed by atoms with E-state index in [-0.39, 0.29) is 11.7 Å². The second-order valence-corrected chi connectivity index (χ2v) is 8.45. The first kappa shape index (κ1) is 17.0. The molecule has 0 saturated heterocycles. The highest BCUT2D eigenvalue weighted by Crippen LogP contribution is 2.29. The molecule has 8 heteroatoms. The third-order valence-corrected chi connectivity index (χ3v) is 6.51. The molecule has 0 saturated carbocycles. The largest absolute Gasteiger partial charge is 0.297 e. The Morgan fingerprint density at radius 1 is 1.08 bits per heavy atom. The van der Waals surface area contributed by atoms with Crippen LogP contribution in [0.25, 0.3) is 9.88 Å². The average Bonchev–Trinajstić information content (AvgIpc) is 3.38. The molecule has 0 aliphatic rings. The van der Waals surface area contributed by atoms with E-state index in [1.54, 1.807) is 41.9 Å². The topological polar surface area (TPSA) is 54.9 Å². The van der Waals surface area contributed by atoms with E-state index >= 15 is 0 Å². The second kappa shape index (κ2) is 7.45. The predicted molar refractivity (Wildman–Crippen MR) is 105 cm³/mol. The molecule has 1 amide bonds. The SMILES string of the molecule is O=C(Nc1ncc(Cc2ccccc2F)s1)c1cnc(-c2cccs2)s1. The van der Waals surface area contributed by atoms with Gasteiger partial charge in [-0.3, -0.25) is 10.1 Å². The maximum absolute atomic E-state index is 13.7. The molecule has 1 N–H and O–H groups in total. The number of rotatable bonds is 5. The normalized spacial score (nSPS) is 10.8. The zero-order chi connectivity index (χ0) is 17.9. The molecule has 4 rings (SSSR count). The third kappa shape index (κ3) is 3.72. The van der Waals surface area contributed by atoms with Crippen molar-refractivity contribution in [3.63, 3.8) is 0 Å².